The van der Waals surface area contributed by atoms with Gasteiger partial charge in [0, 0.05) is 17.5 Å². The van der Waals surface area contributed by atoms with Gasteiger partial charge in [0.15, 0.2) is 0 Å². The van der Waals surface area contributed by atoms with Crippen LogP contribution in [0.2, 0.25) is 0 Å². The molecule has 30 heavy (non-hydrogen) atoms. The predicted molar refractivity (Wildman–Crippen MR) is 110 cm³/mol. The number of carbonyl (C=O) groups is 1. The van der Waals surface area contributed by atoms with E-state index in [0.717, 1.165) is 16.8 Å². The average Bonchev–Trinajstić information content (AvgIpc) is 3.24. The molecule has 5 rings (SSSR count). The number of Topliss-reactive ketones (excluding diaryl/α,β-unsaturated/α-hetero) is 1. The van der Waals surface area contributed by atoms with Crippen LogP contribution in [0, 0.1) is 5.82 Å². The SMILES string of the molecule is COc1ccc(C(=O)[C@@H]2Oc3ccccc3[C@H]3CC(c4ccc(F)cc4)=NN32)cc1. The molecule has 150 valence electrons. The molecule has 0 bridgehead atoms. The highest BCUT2D eigenvalue weighted by atomic mass is 19.1. The van der Waals surface area contributed by atoms with Gasteiger partial charge in [-0.25, -0.2) is 9.40 Å². The van der Waals surface area contributed by atoms with Crippen molar-refractivity contribution in [2.24, 2.45) is 5.10 Å². The van der Waals surface area contributed by atoms with Crippen molar-refractivity contribution in [3.63, 3.8) is 0 Å². The molecule has 0 aliphatic carbocycles. The third kappa shape index (κ3) is 3.10. The van der Waals surface area contributed by atoms with Crippen LogP contribution in [0.1, 0.15) is 33.9 Å². The Labute approximate surface area is 173 Å². The normalized spacial score (nSPS) is 19.4. The summed E-state index contributed by atoms with van der Waals surface area (Å²) in [5, 5.41) is 6.46. The van der Waals surface area contributed by atoms with Crippen LogP contribution < -0.4 is 9.47 Å². The zero-order valence-corrected chi connectivity index (χ0v) is 16.3. The molecule has 0 saturated carbocycles. The molecule has 3 aromatic rings. The topological polar surface area (TPSA) is 51.1 Å². The largest absolute Gasteiger partial charge is 0.497 e. The van der Waals surface area contributed by atoms with Gasteiger partial charge in [-0.1, -0.05) is 30.3 Å². The monoisotopic (exact) mass is 402 g/mol. The molecular formula is C24H19FN2O3. The highest BCUT2D eigenvalue weighted by molar-refractivity contribution is 6.03. The minimum Gasteiger partial charge on any atom is -0.497 e. The van der Waals surface area contributed by atoms with Crippen molar-refractivity contribution < 1.29 is 18.7 Å². The molecule has 0 N–H and O–H groups in total. The van der Waals surface area contributed by atoms with E-state index in [-0.39, 0.29) is 17.6 Å². The number of hydrogen-bond acceptors (Lipinski definition) is 5. The smallest absolute Gasteiger partial charge is 0.251 e. The van der Waals surface area contributed by atoms with Crippen LogP contribution in [0.25, 0.3) is 0 Å². The van der Waals surface area contributed by atoms with Gasteiger partial charge in [0.25, 0.3) is 6.23 Å². The Balaban J connectivity index is 1.53. The summed E-state index contributed by atoms with van der Waals surface area (Å²) in [6.45, 7) is 0. The summed E-state index contributed by atoms with van der Waals surface area (Å²) in [4.78, 5) is 13.3. The number of rotatable bonds is 4. The fraction of sp³-hybridized carbons (Fsp3) is 0.167. The van der Waals surface area contributed by atoms with Crippen LogP contribution in [-0.4, -0.2) is 29.8 Å². The summed E-state index contributed by atoms with van der Waals surface area (Å²) >= 11 is 0. The molecule has 2 heterocycles. The predicted octanol–water partition coefficient (Wildman–Crippen LogP) is 4.59. The van der Waals surface area contributed by atoms with Crippen molar-refractivity contribution in [1.82, 2.24) is 5.01 Å². The minimum atomic E-state index is -0.878. The Morgan fingerprint density at radius 2 is 1.80 bits per heavy atom. The van der Waals surface area contributed by atoms with Crippen LogP contribution in [0.15, 0.2) is 77.9 Å². The number of hydrazone groups is 1. The first-order valence-corrected chi connectivity index (χ1v) is 9.69. The van der Waals surface area contributed by atoms with E-state index in [4.69, 9.17) is 14.6 Å². The fourth-order valence-electron chi connectivity index (χ4n) is 3.92. The lowest BCUT2D eigenvalue weighted by molar-refractivity contribution is -0.00455. The van der Waals surface area contributed by atoms with Gasteiger partial charge in [0.1, 0.15) is 17.3 Å². The maximum atomic E-state index is 13.4. The van der Waals surface area contributed by atoms with Crippen LogP contribution in [-0.2, 0) is 0 Å². The number of ether oxygens (including phenoxy) is 2. The van der Waals surface area contributed by atoms with Crippen molar-refractivity contribution in [3.8, 4) is 11.5 Å². The number of fused-ring (bicyclic) bond motifs is 3. The third-order valence-corrected chi connectivity index (χ3v) is 5.48. The zero-order chi connectivity index (χ0) is 20.7. The van der Waals surface area contributed by atoms with Crippen LogP contribution in [0.3, 0.4) is 0 Å². The number of benzene rings is 3. The van der Waals surface area contributed by atoms with E-state index in [1.165, 1.54) is 12.1 Å². The molecule has 2 aliphatic heterocycles. The number of nitrogens with zero attached hydrogens (tertiary/aromatic N) is 2. The third-order valence-electron chi connectivity index (χ3n) is 5.48. The molecule has 2 atom stereocenters. The standard InChI is InChI=1S/C24H19FN2O3/c1-29-18-12-8-16(9-13-18)23(28)24-27-21(19-4-2-3-5-22(19)30-24)14-20(26-27)15-6-10-17(25)11-7-15/h2-13,21,24H,14H2,1H3/t21-,24+/m1/s1. The second kappa shape index (κ2) is 7.30. The van der Waals surface area contributed by atoms with Gasteiger partial charge in [-0.2, -0.15) is 5.10 Å². The summed E-state index contributed by atoms with van der Waals surface area (Å²) in [6.07, 6.45) is -0.269. The Bertz CT molecular complexity index is 1130. The number of methoxy groups -OCH3 is 1. The number of carbonyl (C=O) groups excluding carboxylic acids is 1. The lowest BCUT2D eigenvalue weighted by Crippen LogP contribution is -2.45. The average molecular weight is 402 g/mol. The van der Waals surface area contributed by atoms with E-state index in [1.54, 1.807) is 48.5 Å². The Kier molecular flexibility index (Phi) is 4.47. The van der Waals surface area contributed by atoms with Gasteiger partial charge in [-0.3, -0.25) is 4.79 Å². The molecule has 0 amide bonds. The van der Waals surface area contributed by atoms with Crippen LogP contribution in [0.4, 0.5) is 4.39 Å². The van der Waals surface area contributed by atoms with Gasteiger partial charge >= 0.3 is 0 Å². The molecule has 3 aromatic carbocycles. The van der Waals surface area contributed by atoms with Gasteiger partial charge in [0.05, 0.1) is 18.9 Å². The molecule has 0 fully saturated rings. The molecule has 0 aromatic heterocycles. The summed E-state index contributed by atoms with van der Waals surface area (Å²) in [5.41, 5.74) is 3.13. The molecule has 0 saturated heterocycles. The molecule has 0 spiro atoms. The summed E-state index contributed by atoms with van der Waals surface area (Å²) in [7, 11) is 1.58. The van der Waals surface area contributed by atoms with E-state index in [1.807, 2.05) is 24.3 Å². The van der Waals surface area contributed by atoms with Crippen molar-refractivity contribution in [2.45, 2.75) is 18.7 Å². The van der Waals surface area contributed by atoms with Crippen molar-refractivity contribution in [1.29, 1.82) is 0 Å². The fourth-order valence-corrected chi connectivity index (χ4v) is 3.92. The maximum absolute atomic E-state index is 13.4. The first-order valence-electron chi connectivity index (χ1n) is 9.69. The van der Waals surface area contributed by atoms with Crippen molar-refractivity contribution >= 4 is 11.5 Å². The molecule has 0 unspecified atom stereocenters. The Morgan fingerprint density at radius 1 is 1.07 bits per heavy atom. The molecule has 0 radical (unpaired) electrons. The molecule has 5 nitrogen and oxygen atoms in total. The zero-order valence-electron chi connectivity index (χ0n) is 16.3. The maximum Gasteiger partial charge on any atom is 0.251 e. The number of para-hydroxylation sites is 1. The number of hydrogen-bond donors (Lipinski definition) is 0. The Morgan fingerprint density at radius 3 is 2.53 bits per heavy atom. The Hall–Kier alpha value is -3.67. The van der Waals surface area contributed by atoms with Gasteiger partial charge in [0.2, 0.25) is 5.78 Å². The second-order valence-electron chi connectivity index (χ2n) is 7.25. The van der Waals surface area contributed by atoms with Gasteiger partial charge in [-0.05, 0) is 48.0 Å². The number of halogens is 1. The molecular weight excluding hydrogens is 383 g/mol. The summed E-state index contributed by atoms with van der Waals surface area (Å²) in [6, 6.07) is 20.8. The molecule has 6 heteroatoms. The van der Waals surface area contributed by atoms with E-state index in [0.29, 0.717) is 23.5 Å². The second-order valence-corrected chi connectivity index (χ2v) is 7.25. The van der Waals surface area contributed by atoms with E-state index >= 15 is 0 Å². The van der Waals surface area contributed by atoms with Crippen molar-refractivity contribution in [3.05, 3.63) is 95.3 Å². The van der Waals surface area contributed by atoms with Gasteiger partial charge in [-0.15, -0.1) is 0 Å². The van der Waals surface area contributed by atoms with Crippen LogP contribution >= 0.6 is 0 Å². The van der Waals surface area contributed by atoms with E-state index in [9.17, 15) is 9.18 Å². The van der Waals surface area contributed by atoms with E-state index in [2.05, 4.69) is 0 Å². The highest BCUT2D eigenvalue weighted by Crippen LogP contribution is 2.43. The first kappa shape index (κ1) is 18.4. The van der Waals surface area contributed by atoms with Crippen molar-refractivity contribution in [2.75, 3.05) is 7.11 Å². The summed E-state index contributed by atoms with van der Waals surface area (Å²) < 4.78 is 24.6. The van der Waals surface area contributed by atoms with Gasteiger partial charge < -0.3 is 9.47 Å². The quantitative estimate of drug-likeness (QED) is 0.599. The lowest BCUT2D eigenvalue weighted by Gasteiger charge is -2.37. The minimum absolute atomic E-state index is 0.123. The summed E-state index contributed by atoms with van der Waals surface area (Å²) in [5.74, 6) is 0.885. The van der Waals surface area contributed by atoms with E-state index < -0.39 is 6.23 Å². The highest BCUT2D eigenvalue weighted by Gasteiger charge is 2.43. The lowest BCUT2D eigenvalue weighted by atomic mass is 9.96. The van der Waals surface area contributed by atoms with Crippen LogP contribution in [0.5, 0.6) is 11.5 Å². The molecule has 2 aliphatic rings. The first-order chi connectivity index (χ1) is 14.6. The number of ketones is 1.